The van der Waals surface area contributed by atoms with Crippen LogP contribution in [0.25, 0.3) is 0 Å². The topological polar surface area (TPSA) is 27.7 Å². The second-order valence-corrected chi connectivity index (χ2v) is 6.77. The number of rotatable bonds is 3. The first-order valence-corrected chi connectivity index (χ1v) is 8.89. The van der Waals surface area contributed by atoms with E-state index < -0.39 is 6.36 Å². The van der Waals surface area contributed by atoms with E-state index in [-0.39, 0.29) is 11.8 Å². The minimum atomic E-state index is -4.70. The number of alkyl halides is 3. The number of hydrogen-bond acceptors (Lipinski definition) is 3. The average Bonchev–Trinajstić information content (AvgIpc) is 2.63. The molecule has 0 spiro atoms. The molecule has 2 aromatic carbocycles. The van der Waals surface area contributed by atoms with Crippen LogP contribution in [-0.4, -0.2) is 48.0 Å². The van der Waals surface area contributed by atoms with Crippen LogP contribution in [-0.2, 0) is 0 Å². The second-order valence-electron chi connectivity index (χ2n) is 6.38. The molecule has 1 fully saturated rings. The minimum Gasteiger partial charge on any atom is -0.406 e. The average molecular weight is 395 g/mol. The van der Waals surface area contributed by atoms with Crippen molar-refractivity contribution < 1.29 is 17.9 Å². The highest BCUT2D eigenvalue weighted by atomic mass is 32.1. The molecule has 1 atom stereocenters. The molecule has 0 bridgehead atoms. The summed E-state index contributed by atoms with van der Waals surface area (Å²) in [6, 6.07) is 15.8. The monoisotopic (exact) mass is 395 g/mol. The summed E-state index contributed by atoms with van der Waals surface area (Å²) in [5.41, 5.74) is 1.78. The summed E-state index contributed by atoms with van der Waals surface area (Å²) in [6.07, 6.45) is -4.70. The van der Waals surface area contributed by atoms with Gasteiger partial charge in [0, 0.05) is 25.3 Å². The Kier molecular flexibility index (Phi) is 5.86. The third-order valence-corrected chi connectivity index (χ3v) is 4.70. The van der Waals surface area contributed by atoms with Crippen molar-refractivity contribution >= 4 is 23.0 Å². The molecule has 0 amide bonds. The zero-order chi connectivity index (χ0) is 19.4. The lowest BCUT2D eigenvalue weighted by atomic mass is 10.0. The molecular weight excluding hydrogens is 375 g/mol. The number of anilines is 1. The SMILES string of the molecule is CN1CCN(C(=S)Nc2ccc(OC(F)(F)F)cc2)[C@H](c2ccccc2)C1. The largest absolute Gasteiger partial charge is 0.573 e. The molecule has 1 heterocycles. The highest BCUT2D eigenvalue weighted by Crippen LogP contribution is 2.27. The number of piperazine rings is 1. The Morgan fingerprint density at radius 3 is 2.37 bits per heavy atom. The molecule has 8 heteroatoms. The molecule has 144 valence electrons. The van der Waals surface area contributed by atoms with Crippen molar-refractivity contribution in [3.8, 4) is 5.75 Å². The predicted octanol–water partition coefficient (Wildman–Crippen LogP) is 4.27. The van der Waals surface area contributed by atoms with Crippen LogP contribution in [0.15, 0.2) is 54.6 Å². The summed E-state index contributed by atoms with van der Waals surface area (Å²) < 4.78 is 40.7. The molecule has 1 aliphatic heterocycles. The number of ether oxygens (including phenoxy) is 1. The van der Waals surface area contributed by atoms with Crippen LogP contribution in [0.2, 0.25) is 0 Å². The minimum absolute atomic E-state index is 0.109. The van der Waals surface area contributed by atoms with Crippen LogP contribution in [0.4, 0.5) is 18.9 Å². The lowest BCUT2D eigenvalue weighted by Gasteiger charge is -2.41. The second kappa shape index (κ2) is 8.14. The van der Waals surface area contributed by atoms with Gasteiger partial charge < -0.3 is 19.9 Å². The third kappa shape index (κ3) is 5.33. The van der Waals surface area contributed by atoms with E-state index in [2.05, 4.69) is 39.0 Å². The van der Waals surface area contributed by atoms with Crippen molar-refractivity contribution in [1.29, 1.82) is 0 Å². The fourth-order valence-corrected chi connectivity index (χ4v) is 3.39. The first-order chi connectivity index (χ1) is 12.8. The molecule has 1 N–H and O–H groups in total. The number of thiocarbonyl (C=S) groups is 1. The molecule has 0 radical (unpaired) electrons. The van der Waals surface area contributed by atoms with Crippen LogP contribution in [0.5, 0.6) is 5.75 Å². The van der Waals surface area contributed by atoms with Crippen LogP contribution in [0.3, 0.4) is 0 Å². The first-order valence-electron chi connectivity index (χ1n) is 8.49. The Morgan fingerprint density at radius 2 is 1.74 bits per heavy atom. The van der Waals surface area contributed by atoms with Crippen LogP contribution in [0.1, 0.15) is 11.6 Å². The zero-order valence-electron chi connectivity index (χ0n) is 14.7. The van der Waals surface area contributed by atoms with E-state index >= 15 is 0 Å². The van der Waals surface area contributed by atoms with E-state index in [9.17, 15) is 13.2 Å². The summed E-state index contributed by atoms with van der Waals surface area (Å²) in [5, 5.41) is 3.66. The highest BCUT2D eigenvalue weighted by Gasteiger charge is 2.31. The van der Waals surface area contributed by atoms with Gasteiger partial charge in [0.05, 0.1) is 6.04 Å². The molecule has 0 unspecified atom stereocenters. The third-order valence-electron chi connectivity index (χ3n) is 4.37. The maximum absolute atomic E-state index is 12.3. The van der Waals surface area contributed by atoms with Crippen LogP contribution in [0, 0.1) is 0 Å². The van der Waals surface area contributed by atoms with Gasteiger partial charge in [-0.15, -0.1) is 13.2 Å². The lowest BCUT2D eigenvalue weighted by molar-refractivity contribution is -0.274. The normalized spacial score (nSPS) is 18.2. The van der Waals surface area contributed by atoms with Gasteiger partial charge in [0.25, 0.3) is 0 Å². The van der Waals surface area contributed by atoms with Gasteiger partial charge in [-0.25, -0.2) is 0 Å². The van der Waals surface area contributed by atoms with Gasteiger partial charge in [0.15, 0.2) is 5.11 Å². The fourth-order valence-electron chi connectivity index (χ4n) is 3.06. The van der Waals surface area contributed by atoms with Gasteiger partial charge in [0.2, 0.25) is 0 Å². The standard InChI is InChI=1S/C19H20F3N3OS/c1-24-11-12-25(17(13-24)14-5-3-2-4-6-14)18(27)23-15-7-9-16(10-8-15)26-19(20,21)22/h2-10,17H,11-13H2,1H3,(H,23,27)/t17-/m0/s1. The summed E-state index contributed by atoms with van der Waals surface area (Å²) in [4.78, 5) is 4.37. The van der Waals surface area contributed by atoms with Crippen molar-refractivity contribution in [3.63, 3.8) is 0 Å². The van der Waals surface area contributed by atoms with Crippen molar-refractivity contribution in [2.24, 2.45) is 0 Å². The van der Waals surface area contributed by atoms with E-state index in [1.165, 1.54) is 29.8 Å². The lowest BCUT2D eigenvalue weighted by Crippen LogP contribution is -2.50. The van der Waals surface area contributed by atoms with Gasteiger partial charge in [-0.1, -0.05) is 30.3 Å². The Morgan fingerprint density at radius 1 is 1.07 bits per heavy atom. The highest BCUT2D eigenvalue weighted by molar-refractivity contribution is 7.80. The van der Waals surface area contributed by atoms with Gasteiger partial charge in [-0.05, 0) is 49.1 Å². The smallest absolute Gasteiger partial charge is 0.406 e. The number of hydrogen-bond donors (Lipinski definition) is 1. The quantitative estimate of drug-likeness (QED) is 0.784. The molecule has 0 saturated carbocycles. The summed E-state index contributed by atoms with van der Waals surface area (Å²) in [7, 11) is 2.07. The van der Waals surface area contributed by atoms with E-state index in [0.717, 1.165) is 19.6 Å². The number of nitrogens with one attached hydrogen (secondary N) is 1. The molecule has 2 aromatic rings. The number of likely N-dealkylation sites (N-methyl/N-ethyl adjacent to an activating group) is 1. The summed E-state index contributed by atoms with van der Waals surface area (Å²) >= 11 is 5.58. The molecular formula is C19H20F3N3OS. The molecule has 4 nitrogen and oxygen atoms in total. The van der Waals surface area contributed by atoms with Crippen molar-refractivity contribution in [1.82, 2.24) is 9.80 Å². The molecule has 3 rings (SSSR count). The fraction of sp³-hybridized carbons (Fsp3) is 0.316. The van der Waals surface area contributed by atoms with Crippen LogP contribution >= 0.6 is 12.2 Å². The van der Waals surface area contributed by atoms with Gasteiger partial charge >= 0.3 is 6.36 Å². The zero-order valence-corrected chi connectivity index (χ0v) is 15.6. The number of halogens is 3. The summed E-state index contributed by atoms with van der Waals surface area (Å²) in [5.74, 6) is -0.263. The Hall–Kier alpha value is -2.32. The van der Waals surface area contributed by atoms with Crippen molar-refractivity contribution in [2.75, 3.05) is 32.0 Å². The number of nitrogens with zero attached hydrogens (tertiary/aromatic N) is 2. The molecule has 0 aromatic heterocycles. The molecule has 1 aliphatic rings. The van der Waals surface area contributed by atoms with Gasteiger partial charge in [-0.2, -0.15) is 0 Å². The molecule has 0 aliphatic carbocycles. The van der Waals surface area contributed by atoms with Crippen LogP contribution < -0.4 is 10.1 Å². The Bertz CT molecular complexity index is 768. The summed E-state index contributed by atoms with van der Waals surface area (Å²) in [6.45, 7) is 2.48. The van der Waals surface area contributed by atoms with E-state index in [4.69, 9.17) is 12.2 Å². The van der Waals surface area contributed by atoms with E-state index in [1.54, 1.807) is 0 Å². The predicted molar refractivity (Wildman–Crippen MR) is 103 cm³/mol. The van der Waals surface area contributed by atoms with Crippen molar-refractivity contribution in [2.45, 2.75) is 12.4 Å². The Labute approximate surface area is 161 Å². The maximum Gasteiger partial charge on any atom is 0.573 e. The molecule has 1 saturated heterocycles. The van der Waals surface area contributed by atoms with Gasteiger partial charge in [-0.3, -0.25) is 0 Å². The van der Waals surface area contributed by atoms with E-state index in [1.807, 2.05) is 18.2 Å². The number of benzene rings is 2. The van der Waals surface area contributed by atoms with Gasteiger partial charge in [0.1, 0.15) is 5.75 Å². The first kappa shape index (κ1) is 19.4. The van der Waals surface area contributed by atoms with Crippen molar-refractivity contribution in [3.05, 3.63) is 60.2 Å². The molecule has 27 heavy (non-hydrogen) atoms. The van der Waals surface area contributed by atoms with E-state index in [0.29, 0.717) is 10.8 Å². The maximum atomic E-state index is 12.3. The Balaban J connectivity index is 1.70.